The minimum Gasteiger partial charge on any atom is -0.494 e. The minimum atomic E-state index is -0.380. The Morgan fingerprint density at radius 3 is 1.51 bits per heavy atom. The number of aromatic nitrogens is 6. The quantitative estimate of drug-likeness (QED) is 0.0394. The number of methoxy groups -OCH3 is 2. The van der Waals surface area contributed by atoms with Gasteiger partial charge in [0.15, 0.2) is 0 Å². The van der Waals surface area contributed by atoms with E-state index in [0.717, 1.165) is 64.8 Å². The van der Waals surface area contributed by atoms with E-state index in [-0.39, 0.29) is 10.6 Å². The maximum absolute atomic E-state index is 12.0. The van der Waals surface area contributed by atoms with E-state index in [1.54, 1.807) is 32.7 Å². The van der Waals surface area contributed by atoms with Crippen LogP contribution >= 0.6 is 0 Å². The van der Waals surface area contributed by atoms with E-state index in [0.29, 0.717) is 52.9 Å². The fraction of sp³-hybridized carbons (Fsp3) is 0.357. The maximum Gasteiger partial charge on any atom is 0.294 e. The molecule has 386 valence electrons. The molecule has 0 bridgehead atoms. The lowest BCUT2D eigenvalue weighted by atomic mass is 10.1. The van der Waals surface area contributed by atoms with E-state index in [9.17, 15) is 10.1 Å². The Kier molecular flexibility index (Phi) is 14.9. The van der Waals surface area contributed by atoms with E-state index < -0.39 is 0 Å². The molecule has 18 heteroatoms. The lowest BCUT2D eigenvalue weighted by Crippen LogP contribution is -2.29. The van der Waals surface area contributed by atoms with Crippen molar-refractivity contribution < 1.29 is 14.4 Å². The number of hydrogen-bond donors (Lipinski definition) is 3. The Labute approximate surface area is 432 Å². The topological polar surface area (TPSA) is 186 Å². The van der Waals surface area contributed by atoms with Crippen molar-refractivity contribution in [1.82, 2.24) is 38.9 Å². The van der Waals surface area contributed by atoms with Crippen LogP contribution in [0.15, 0.2) is 97.6 Å². The Morgan fingerprint density at radius 1 is 0.635 bits per heavy atom. The number of likely N-dealkylation sites (N-methyl/N-ethyl adjacent to an activating group) is 4. The van der Waals surface area contributed by atoms with Gasteiger partial charge in [-0.05, 0) is 107 Å². The lowest BCUT2D eigenvalue weighted by molar-refractivity contribution is -0.384. The number of nitrogen functional groups attached to an aromatic ring is 1. The van der Waals surface area contributed by atoms with Gasteiger partial charge >= 0.3 is 0 Å². The molecule has 0 amide bonds. The van der Waals surface area contributed by atoms with Crippen LogP contribution in [0.5, 0.6) is 11.5 Å². The third-order valence-corrected chi connectivity index (χ3v) is 13.9. The number of hydrogen-bond acceptors (Lipinski definition) is 15. The van der Waals surface area contributed by atoms with Crippen LogP contribution in [-0.4, -0.2) is 126 Å². The van der Waals surface area contributed by atoms with Crippen molar-refractivity contribution >= 4 is 67.8 Å². The van der Waals surface area contributed by atoms with Gasteiger partial charge in [0.25, 0.3) is 5.69 Å². The molecule has 2 aliphatic carbocycles. The summed E-state index contributed by atoms with van der Waals surface area (Å²) in [6.45, 7) is 3.16. The van der Waals surface area contributed by atoms with Gasteiger partial charge < -0.3 is 54.6 Å². The van der Waals surface area contributed by atoms with Gasteiger partial charge in [0, 0.05) is 130 Å². The summed E-state index contributed by atoms with van der Waals surface area (Å²) >= 11 is 0. The number of rotatable bonds is 19. The molecule has 2 fully saturated rings. The highest BCUT2D eigenvalue weighted by atomic mass is 16.6. The van der Waals surface area contributed by atoms with Crippen LogP contribution in [0.1, 0.15) is 48.6 Å². The normalized spacial score (nSPS) is 13.3. The summed E-state index contributed by atoms with van der Waals surface area (Å²) in [6, 6.07) is 24.3. The van der Waals surface area contributed by atoms with Gasteiger partial charge in [0.05, 0.1) is 53.3 Å². The summed E-state index contributed by atoms with van der Waals surface area (Å²) < 4.78 is 15.6. The van der Waals surface area contributed by atoms with Crippen molar-refractivity contribution in [1.29, 1.82) is 0 Å². The zero-order chi connectivity index (χ0) is 52.4. The van der Waals surface area contributed by atoms with Gasteiger partial charge in [0.2, 0.25) is 11.9 Å². The number of nitrogens with one attached hydrogen (secondary N) is 2. The van der Waals surface area contributed by atoms with E-state index in [4.69, 9.17) is 25.2 Å². The summed E-state index contributed by atoms with van der Waals surface area (Å²) in [5.41, 5.74) is 18.6. The van der Waals surface area contributed by atoms with Crippen molar-refractivity contribution in [2.75, 3.05) is 109 Å². The molecule has 18 nitrogen and oxygen atoms in total. The maximum atomic E-state index is 12.0. The Morgan fingerprint density at radius 2 is 1.08 bits per heavy atom. The number of nitrogens with two attached hydrogens (primary N) is 1. The fourth-order valence-corrected chi connectivity index (χ4v) is 9.33. The van der Waals surface area contributed by atoms with Gasteiger partial charge in [-0.25, -0.2) is 19.9 Å². The van der Waals surface area contributed by atoms with Crippen molar-refractivity contribution in [3.05, 3.63) is 119 Å². The number of fused-ring (bicyclic) bond motifs is 2. The molecule has 0 spiro atoms. The average molecular weight is 1000 g/mol. The first-order chi connectivity index (χ1) is 35.6. The minimum absolute atomic E-state index is 0.0220. The highest BCUT2D eigenvalue weighted by molar-refractivity contribution is 5.97. The molecule has 8 aromatic rings. The molecular weight excluding hydrogens is 933 g/mol. The van der Waals surface area contributed by atoms with Crippen LogP contribution in [0.4, 0.5) is 46.0 Å². The lowest BCUT2D eigenvalue weighted by Gasteiger charge is -2.24. The molecule has 4 aromatic heterocycles. The molecular formula is C56H68N14O4. The molecule has 0 aliphatic heterocycles. The van der Waals surface area contributed by atoms with E-state index in [2.05, 4.69) is 109 Å². The summed E-state index contributed by atoms with van der Waals surface area (Å²) in [7, 11) is 19.3. The summed E-state index contributed by atoms with van der Waals surface area (Å²) in [4.78, 5) is 38.2. The van der Waals surface area contributed by atoms with Crippen LogP contribution in [0.25, 0.3) is 44.3 Å². The number of nitro benzene ring substituents is 1. The predicted octanol–water partition coefficient (Wildman–Crippen LogP) is 10.0. The van der Waals surface area contributed by atoms with Crippen LogP contribution < -0.4 is 35.6 Å². The number of ether oxygens (including phenoxy) is 2. The van der Waals surface area contributed by atoms with Gasteiger partial charge in [-0.15, -0.1) is 0 Å². The van der Waals surface area contributed by atoms with Crippen LogP contribution in [0, 0.1) is 10.1 Å². The standard InChI is InChI=1S/C28H33N7O3.C28H35N7O/c1-32(2)12-13-33(3)25-16-27(38-5)23(15-26(25)35(36)37)31-28-29-11-10-22(30-28)21-17-34(4)24-14-19(18-6-7-18)8-9-20(21)24;1-33(2)12-13-34(3)26-16-27(36-5)24(15-22(26)29)32-28-30-11-10-23(31-28)21-17-35(4)25-14-19(18-6-7-18)8-9-20(21)25/h8-11,14-18H,6-7,12-13H2,1-5H3,(H,29,30,31);8-11,14-18H,6-7,12-13,29H2,1-5H3,(H,30,31,32). The number of benzene rings is 4. The number of nitrogens with zero attached hydrogens (tertiary/aromatic N) is 11. The van der Waals surface area contributed by atoms with Crippen molar-refractivity contribution in [2.45, 2.75) is 37.5 Å². The Balaban J connectivity index is 0.000000182. The van der Waals surface area contributed by atoms with E-state index in [1.807, 2.05) is 69.3 Å². The highest BCUT2D eigenvalue weighted by Gasteiger charge is 2.27. The second kappa shape index (κ2) is 21.6. The van der Waals surface area contributed by atoms with Crippen LogP contribution in [0.3, 0.4) is 0 Å². The summed E-state index contributed by atoms with van der Waals surface area (Å²) in [5, 5.41) is 20.8. The second-order valence-corrected chi connectivity index (χ2v) is 20.0. The van der Waals surface area contributed by atoms with Crippen molar-refractivity contribution in [3.8, 4) is 34.0 Å². The van der Waals surface area contributed by atoms with Crippen LogP contribution in [0.2, 0.25) is 0 Å². The fourth-order valence-electron chi connectivity index (χ4n) is 9.33. The van der Waals surface area contributed by atoms with Crippen molar-refractivity contribution in [3.63, 3.8) is 0 Å². The molecule has 2 aliphatic rings. The summed E-state index contributed by atoms with van der Waals surface area (Å²) in [6.07, 6.45) is 12.8. The zero-order valence-corrected chi connectivity index (χ0v) is 44.2. The third-order valence-electron chi connectivity index (χ3n) is 13.9. The van der Waals surface area contributed by atoms with Gasteiger partial charge in [-0.1, -0.05) is 24.3 Å². The average Bonchev–Trinajstić information content (AvgIpc) is 4.34. The zero-order valence-electron chi connectivity index (χ0n) is 44.2. The first kappa shape index (κ1) is 51.0. The van der Waals surface area contributed by atoms with Gasteiger partial charge in [0.1, 0.15) is 17.2 Å². The highest BCUT2D eigenvalue weighted by Crippen LogP contribution is 2.44. The van der Waals surface area contributed by atoms with Crippen LogP contribution in [-0.2, 0) is 14.1 Å². The largest absolute Gasteiger partial charge is 0.494 e. The number of nitro groups is 1. The number of aryl methyl sites for hydroxylation is 2. The molecule has 0 saturated heterocycles. The predicted molar refractivity (Wildman–Crippen MR) is 299 cm³/mol. The molecule has 4 aromatic carbocycles. The van der Waals surface area contributed by atoms with Crippen molar-refractivity contribution in [2.24, 2.45) is 14.1 Å². The monoisotopic (exact) mass is 1000 g/mol. The van der Waals surface area contributed by atoms with E-state index in [1.165, 1.54) is 59.3 Å². The summed E-state index contributed by atoms with van der Waals surface area (Å²) in [5.74, 6) is 3.38. The molecule has 4 heterocycles. The van der Waals surface area contributed by atoms with Gasteiger partial charge in [-0.2, -0.15) is 0 Å². The SMILES string of the molecule is COc1cc(N(C)CCN(C)C)c(N)cc1Nc1nccc(-c2cn(C)c3cc(C4CC4)ccc23)n1.COc1cc(N(C)CCN(C)C)c([N+](=O)[O-])cc1Nc1nccc(-c2cn(C)c3cc(C4CC4)ccc23)n1. The van der Waals surface area contributed by atoms with E-state index >= 15 is 0 Å². The molecule has 4 N–H and O–H groups in total. The first-order valence-corrected chi connectivity index (χ1v) is 25.0. The molecule has 2 saturated carbocycles. The van der Waals surface area contributed by atoms with Gasteiger partial charge in [-0.3, -0.25) is 10.1 Å². The molecule has 0 atom stereocenters. The smallest absolute Gasteiger partial charge is 0.294 e. The Bertz CT molecular complexity index is 3320. The number of anilines is 7. The third kappa shape index (κ3) is 11.3. The Hall–Kier alpha value is -7.96. The molecule has 0 radical (unpaired) electrons. The molecule has 74 heavy (non-hydrogen) atoms. The first-order valence-electron chi connectivity index (χ1n) is 25.0. The second-order valence-electron chi connectivity index (χ2n) is 20.0. The molecule has 10 rings (SSSR count). The molecule has 0 unspecified atom stereocenters.